The van der Waals surface area contributed by atoms with Crippen LogP contribution in [-0.2, 0) is 16.0 Å². The minimum Gasteiger partial charge on any atom is -0.395 e. The number of aliphatic hydroxyl groups excluding tert-OH is 1. The van der Waals surface area contributed by atoms with Crippen LogP contribution in [-0.4, -0.2) is 23.5 Å². The zero-order chi connectivity index (χ0) is 16.0. The van der Waals surface area contributed by atoms with Crippen LogP contribution in [0.4, 0.5) is 0 Å². The molecule has 115 valence electrons. The van der Waals surface area contributed by atoms with Crippen LogP contribution in [0.25, 0.3) is 0 Å². The molecule has 21 heavy (non-hydrogen) atoms. The average Bonchev–Trinajstić information content (AvgIpc) is 2.46. The van der Waals surface area contributed by atoms with E-state index in [0.29, 0.717) is 6.42 Å². The quantitative estimate of drug-likeness (QED) is 0.702. The van der Waals surface area contributed by atoms with Gasteiger partial charge in [-0.1, -0.05) is 24.3 Å². The summed E-state index contributed by atoms with van der Waals surface area (Å²) in [6.45, 7) is 6.58. The zero-order valence-electron chi connectivity index (χ0n) is 12.7. The first-order valence-electron chi connectivity index (χ1n) is 6.89. The summed E-state index contributed by atoms with van der Waals surface area (Å²) in [5.41, 5.74) is 6.35. The Hall–Kier alpha value is -1.88. The fourth-order valence-electron chi connectivity index (χ4n) is 1.64. The summed E-state index contributed by atoms with van der Waals surface area (Å²) in [7, 11) is 0. The highest BCUT2D eigenvalue weighted by Crippen LogP contribution is 2.16. The van der Waals surface area contributed by atoms with E-state index in [-0.39, 0.29) is 24.3 Å². The molecular formula is C16H23N2O3. The molecule has 1 aromatic carbocycles. The summed E-state index contributed by atoms with van der Waals surface area (Å²) in [6, 6.07) is 7.51. The van der Waals surface area contributed by atoms with Gasteiger partial charge in [-0.2, -0.15) is 0 Å². The largest absolute Gasteiger partial charge is 0.395 e. The maximum absolute atomic E-state index is 11.8. The normalized spacial score (nSPS) is 12.8. The number of aliphatic hydroxyl groups is 1. The molecule has 1 aromatic rings. The van der Waals surface area contributed by atoms with Gasteiger partial charge in [0.15, 0.2) is 0 Å². The SMILES string of the molecule is C[C@H](C(N)=O)c1ccc(C[CH]NC(=O)C(C)(C)CO)cc1. The van der Waals surface area contributed by atoms with Crippen LogP contribution >= 0.6 is 0 Å². The second kappa shape index (κ2) is 7.22. The molecule has 0 aliphatic heterocycles. The molecular weight excluding hydrogens is 268 g/mol. The van der Waals surface area contributed by atoms with Crippen molar-refractivity contribution < 1.29 is 14.7 Å². The highest BCUT2D eigenvalue weighted by atomic mass is 16.3. The summed E-state index contributed by atoms with van der Waals surface area (Å²) in [5.74, 6) is -0.884. The standard InChI is InChI=1S/C16H23N2O3/c1-11(14(17)20)13-6-4-12(5-7-13)8-9-18-15(21)16(2,3)10-19/h4-7,9,11,19H,8,10H2,1-3H3,(H2,17,20)(H,18,21)/t11-/m0/s1. The third-order valence-corrected chi connectivity index (χ3v) is 3.49. The molecule has 0 saturated heterocycles. The monoisotopic (exact) mass is 291 g/mol. The number of carbonyl (C=O) groups is 2. The highest BCUT2D eigenvalue weighted by Gasteiger charge is 2.26. The van der Waals surface area contributed by atoms with Crippen molar-refractivity contribution in [2.45, 2.75) is 33.1 Å². The number of nitrogens with two attached hydrogens (primary N) is 1. The lowest BCUT2D eigenvalue weighted by molar-refractivity contribution is -0.130. The Balaban J connectivity index is 2.51. The number of benzene rings is 1. The molecule has 0 aliphatic carbocycles. The second-order valence-electron chi connectivity index (χ2n) is 5.79. The minimum absolute atomic E-state index is 0.202. The van der Waals surface area contributed by atoms with E-state index in [1.54, 1.807) is 27.3 Å². The van der Waals surface area contributed by atoms with E-state index < -0.39 is 5.41 Å². The number of nitrogens with one attached hydrogen (secondary N) is 1. The van der Waals surface area contributed by atoms with E-state index >= 15 is 0 Å². The Labute approximate surface area is 125 Å². The zero-order valence-corrected chi connectivity index (χ0v) is 12.7. The van der Waals surface area contributed by atoms with Crippen LogP contribution in [0, 0.1) is 12.0 Å². The van der Waals surface area contributed by atoms with Gasteiger partial charge >= 0.3 is 0 Å². The van der Waals surface area contributed by atoms with Gasteiger partial charge in [-0.25, -0.2) is 0 Å². The van der Waals surface area contributed by atoms with Gasteiger partial charge in [-0.05, 0) is 38.3 Å². The van der Waals surface area contributed by atoms with E-state index in [1.807, 2.05) is 24.3 Å². The van der Waals surface area contributed by atoms with Crippen molar-refractivity contribution in [1.29, 1.82) is 0 Å². The van der Waals surface area contributed by atoms with Crippen LogP contribution in [0.15, 0.2) is 24.3 Å². The summed E-state index contributed by atoms with van der Waals surface area (Å²) >= 11 is 0. The van der Waals surface area contributed by atoms with Crippen molar-refractivity contribution in [3.05, 3.63) is 41.9 Å². The van der Waals surface area contributed by atoms with Gasteiger partial charge in [-0.3, -0.25) is 9.59 Å². The maximum atomic E-state index is 11.8. The number of rotatable bonds is 7. The third-order valence-electron chi connectivity index (χ3n) is 3.49. The molecule has 0 fully saturated rings. The highest BCUT2D eigenvalue weighted by molar-refractivity contribution is 5.82. The lowest BCUT2D eigenvalue weighted by Gasteiger charge is -2.20. The predicted molar refractivity (Wildman–Crippen MR) is 81.1 cm³/mol. The first-order valence-corrected chi connectivity index (χ1v) is 6.89. The van der Waals surface area contributed by atoms with Gasteiger partial charge in [0, 0.05) is 0 Å². The Kier molecular flexibility index (Phi) is 5.90. The van der Waals surface area contributed by atoms with Crippen LogP contribution in [0.2, 0.25) is 0 Å². The fraction of sp³-hybridized carbons (Fsp3) is 0.438. The lowest BCUT2D eigenvalue weighted by atomic mass is 9.93. The van der Waals surface area contributed by atoms with Crippen molar-refractivity contribution >= 4 is 11.8 Å². The molecule has 0 aromatic heterocycles. The molecule has 2 amide bonds. The minimum atomic E-state index is -0.794. The predicted octanol–water partition coefficient (Wildman–Crippen LogP) is 1.11. The van der Waals surface area contributed by atoms with Crippen molar-refractivity contribution in [1.82, 2.24) is 5.32 Å². The van der Waals surface area contributed by atoms with Crippen molar-refractivity contribution in [2.75, 3.05) is 6.61 Å². The topological polar surface area (TPSA) is 92.4 Å². The smallest absolute Gasteiger partial charge is 0.228 e. The lowest BCUT2D eigenvalue weighted by Crippen LogP contribution is -2.38. The molecule has 4 N–H and O–H groups in total. The van der Waals surface area contributed by atoms with Gasteiger partial charge in [0.1, 0.15) is 0 Å². The van der Waals surface area contributed by atoms with Gasteiger partial charge in [-0.15, -0.1) is 0 Å². The number of hydrogen-bond donors (Lipinski definition) is 3. The van der Waals surface area contributed by atoms with Crippen molar-refractivity contribution in [3.63, 3.8) is 0 Å². The number of amides is 2. The Bertz CT molecular complexity index is 495. The Morgan fingerprint density at radius 1 is 1.33 bits per heavy atom. The summed E-state index contributed by atoms with van der Waals surface area (Å²) in [4.78, 5) is 22.9. The molecule has 5 heteroatoms. The number of hydrogen-bond acceptors (Lipinski definition) is 3. The van der Waals surface area contributed by atoms with Gasteiger partial charge < -0.3 is 16.2 Å². The van der Waals surface area contributed by atoms with E-state index in [4.69, 9.17) is 10.8 Å². The van der Waals surface area contributed by atoms with Crippen LogP contribution in [0.1, 0.15) is 37.8 Å². The molecule has 1 rings (SSSR count). The van der Waals surface area contributed by atoms with Crippen LogP contribution < -0.4 is 11.1 Å². The first-order chi connectivity index (χ1) is 9.77. The Morgan fingerprint density at radius 2 is 1.90 bits per heavy atom. The van der Waals surface area contributed by atoms with Crippen LogP contribution in [0.3, 0.4) is 0 Å². The molecule has 1 radical (unpaired) electrons. The van der Waals surface area contributed by atoms with Crippen LogP contribution in [0.5, 0.6) is 0 Å². The first kappa shape index (κ1) is 17.2. The maximum Gasteiger partial charge on any atom is 0.228 e. The molecule has 0 unspecified atom stereocenters. The second-order valence-corrected chi connectivity index (χ2v) is 5.79. The third kappa shape index (κ3) is 4.86. The summed E-state index contributed by atoms with van der Waals surface area (Å²) in [6.07, 6.45) is 0.568. The number of primary amides is 1. The van der Waals surface area contributed by atoms with Gasteiger partial charge in [0.2, 0.25) is 11.8 Å². The van der Waals surface area contributed by atoms with E-state index in [1.165, 1.54) is 0 Å². The molecule has 5 nitrogen and oxygen atoms in total. The Morgan fingerprint density at radius 3 is 2.38 bits per heavy atom. The molecule has 1 atom stereocenters. The van der Waals surface area contributed by atoms with Gasteiger partial charge in [0.05, 0.1) is 24.5 Å². The molecule has 0 heterocycles. The average molecular weight is 291 g/mol. The van der Waals surface area contributed by atoms with E-state index in [9.17, 15) is 9.59 Å². The van der Waals surface area contributed by atoms with Crippen molar-refractivity contribution in [2.24, 2.45) is 11.1 Å². The summed E-state index contributed by atoms with van der Waals surface area (Å²) < 4.78 is 0. The van der Waals surface area contributed by atoms with E-state index in [0.717, 1.165) is 11.1 Å². The summed E-state index contributed by atoms with van der Waals surface area (Å²) in [5, 5.41) is 11.8. The fourth-order valence-corrected chi connectivity index (χ4v) is 1.64. The van der Waals surface area contributed by atoms with Crippen molar-refractivity contribution in [3.8, 4) is 0 Å². The molecule has 0 saturated carbocycles. The molecule has 0 bridgehead atoms. The van der Waals surface area contributed by atoms with E-state index in [2.05, 4.69) is 5.32 Å². The van der Waals surface area contributed by atoms with Gasteiger partial charge in [0.25, 0.3) is 0 Å². The molecule has 0 aliphatic rings. The molecule has 0 spiro atoms. The number of carbonyl (C=O) groups excluding carboxylic acids is 2.